The summed E-state index contributed by atoms with van der Waals surface area (Å²) in [6.45, 7) is 3.34. The number of nitriles is 1. The molecule has 2 aromatic heterocycles. The number of rotatable bonds is 10. The van der Waals surface area contributed by atoms with E-state index in [1.165, 1.54) is 4.90 Å². The highest BCUT2D eigenvalue weighted by molar-refractivity contribution is 7.10. The van der Waals surface area contributed by atoms with E-state index < -0.39 is 74.8 Å². The maximum atomic E-state index is 15.0. The lowest BCUT2D eigenvalue weighted by Gasteiger charge is -2.51. The summed E-state index contributed by atoms with van der Waals surface area (Å²) in [5.74, 6) is -2.51. The summed E-state index contributed by atoms with van der Waals surface area (Å²) in [4.78, 5) is 46.4. The van der Waals surface area contributed by atoms with E-state index in [0.717, 1.165) is 34.7 Å². The molecule has 1 aliphatic carbocycles. The number of ether oxygens (including phenoxy) is 2. The number of carbonyl (C=O) groups excluding carboxylic acids is 2. The van der Waals surface area contributed by atoms with E-state index in [1.807, 2.05) is 0 Å². The van der Waals surface area contributed by atoms with Crippen LogP contribution in [0.3, 0.4) is 0 Å². The third kappa shape index (κ3) is 8.15. The molecule has 2 aliphatic heterocycles. The molecular formula is C40H42F6N4O6S. The molecule has 0 unspecified atom stereocenters. The zero-order valence-electron chi connectivity index (χ0n) is 31.3. The van der Waals surface area contributed by atoms with Crippen molar-refractivity contribution in [3.63, 3.8) is 0 Å². The Bertz CT molecular complexity index is 2030. The predicted molar refractivity (Wildman–Crippen MR) is 194 cm³/mol. The Morgan fingerprint density at radius 2 is 1.74 bits per heavy atom. The summed E-state index contributed by atoms with van der Waals surface area (Å²) in [6.07, 6.45) is -7.13. The second-order valence-corrected chi connectivity index (χ2v) is 16.2. The van der Waals surface area contributed by atoms with E-state index in [1.54, 1.807) is 38.1 Å². The lowest BCUT2D eigenvalue weighted by molar-refractivity contribution is -0.160. The van der Waals surface area contributed by atoms with E-state index in [4.69, 9.17) is 9.47 Å². The van der Waals surface area contributed by atoms with Gasteiger partial charge < -0.3 is 24.4 Å². The Labute approximate surface area is 329 Å². The van der Waals surface area contributed by atoms with Crippen molar-refractivity contribution in [2.24, 2.45) is 5.41 Å². The number of para-hydroxylation sites is 1. The van der Waals surface area contributed by atoms with Gasteiger partial charge in [-0.05, 0) is 63.6 Å². The number of thiophene rings is 1. The molecule has 17 heteroatoms. The molecule has 10 nitrogen and oxygen atoms in total. The molecule has 306 valence electrons. The first-order chi connectivity index (χ1) is 26.9. The number of benzene rings is 1. The van der Waals surface area contributed by atoms with Crippen molar-refractivity contribution < 1.29 is 55.3 Å². The van der Waals surface area contributed by atoms with Crippen LogP contribution < -0.4 is 9.47 Å². The fourth-order valence-electron chi connectivity index (χ4n) is 8.50. The largest absolute Gasteiger partial charge is 0.490 e. The van der Waals surface area contributed by atoms with Crippen LogP contribution in [0.15, 0.2) is 54.0 Å². The van der Waals surface area contributed by atoms with Gasteiger partial charge in [-0.15, -0.1) is 11.3 Å². The highest BCUT2D eigenvalue weighted by Gasteiger charge is 2.57. The zero-order valence-corrected chi connectivity index (χ0v) is 32.1. The minimum atomic E-state index is -4.93. The first-order valence-corrected chi connectivity index (χ1v) is 19.6. The van der Waals surface area contributed by atoms with Gasteiger partial charge in [-0.1, -0.05) is 31.5 Å². The van der Waals surface area contributed by atoms with Crippen molar-refractivity contribution in [1.29, 1.82) is 5.26 Å². The number of alkyl halides is 6. The van der Waals surface area contributed by atoms with E-state index in [9.17, 15) is 46.3 Å². The van der Waals surface area contributed by atoms with Gasteiger partial charge in [0.05, 0.1) is 34.6 Å². The van der Waals surface area contributed by atoms with E-state index >= 15 is 4.79 Å². The van der Waals surface area contributed by atoms with Gasteiger partial charge in [0.15, 0.2) is 0 Å². The lowest BCUT2D eigenvalue weighted by atomic mass is 9.72. The zero-order chi connectivity index (χ0) is 41.4. The number of hydrogen-bond acceptors (Lipinski definition) is 8. The van der Waals surface area contributed by atoms with Crippen molar-refractivity contribution in [1.82, 2.24) is 14.8 Å². The van der Waals surface area contributed by atoms with Crippen LogP contribution in [-0.4, -0.2) is 75.1 Å². The molecule has 0 spiro atoms. The fourth-order valence-corrected chi connectivity index (χ4v) is 9.18. The summed E-state index contributed by atoms with van der Waals surface area (Å²) < 4.78 is 96.2. The Balaban J connectivity index is 1.33. The number of carbonyl (C=O) groups is 3. The van der Waals surface area contributed by atoms with Crippen LogP contribution in [0, 0.1) is 16.7 Å². The number of carboxylic acids is 1. The van der Waals surface area contributed by atoms with Crippen LogP contribution in [0.2, 0.25) is 0 Å². The minimum Gasteiger partial charge on any atom is -0.490 e. The molecule has 3 aliphatic rings. The number of likely N-dealkylation sites (tertiary alicyclic amines) is 2. The Hall–Kier alpha value is -4.85. The van der Waals surface area contributed by atoms with Gasteiger partial charge in [0.25, 0.3) is 11.8 Å². The van der Waals surface area contributed by atoms with Crippen molar-refractivity contribution in [3.8, 4) is 17.6 Å². The van der Waals surface area contributed by atoms with E-state index in [-0.39, 0.29) is 63.9 Å². The average Bonchev–Trinajstić information content (AvgIpc) is 3.82. The summed E-state index contributed by atoms with van der Waals surface area (Å²) in [7, 11) is 0. The standard InChI is InChI=1S/C40H42F6N4O6S/c1-3-8-30-38(56-26-21-31(57-23-26)40(44,45)46,13-7-18-50(30)33(51)32-28(39(41,42)43)10-6-17-48-32)34(52)49-19-15-37(24-47,16-20-49)27-9-4-5-11-29(27)55-25-12-14-36(2,22-25)35(53)54/h4-6,9-11,17,21,23,25,30H,3,7-8,12-16,18-20,22H2,1-2H3,(H,53,54)/t25-,30-,36-,38+/m1/s1. The van der Waals surface area contributed by atoms with Crippen LogP contribution in [-0.2, 0) is 27.4 Å². The highest BCUT2D eigenvalue weighted by atomic mass is 32.1. The molecule has 0 bridgehead atoms. The topological polar surface area (TPSA) is 133 Å². The van der Waals surface area contributed by atoms with Crippen LogP contribution in [0.4, 0.5) is 26.3 Å². The second kappa shape index (κ2) is 15.8. The molecule has 1 aromatic carbocycles. The van der Waals surface area contributed by atoms with Crippen molar-refractivity contribution in [3.05, 3.63) is 75.7 Å². The van der Waals surface area contributed by atoms with Crippen LogP contribution >= 0.6 is 11.3 Å². The number of halogens is 6. The molecule has 2 amide bonds. The number of hydrogen-bond donors (Lipinski definition) is 1. The van der Waals surface area contributed by atoms with Crippen LogP contribution in [0.5, 0.6) is 11.5 Å². The maximum absolute atomic E-state index is 15.0. The quantitative estimate of drug-likeness (QED) is 0.202. The molecule has 57 heavy (non-hydrogen) atoms. The Morgan fingerprint density at radius 3 is 2.35 bits per heavy atom. The van der Waals surface area contributed by atoms with Crippen molar-refractivity contribution in [2.75, 3.05) is 19.6 Å². The number of carboxylic acid groups (broad SMARTS) is 1. The Kier molecular flexibility index (Phi) is 11.6. The molecule has 3 aromatic rings. The first kappa shape index (κ1) is 41.8. The molecule has 6 rings (SSSR count). The summed E-state index contributed by atoms with van der Waals surface area (Å²) in [6, 6.07) is 10.8. The van der Waals surface area contributed by atoms with Crippen LogP contribution in [0.1, 0.15) is 98.1 Å². The molecular weight excluding hydrogens is 779 g/mol. The molecule has 2 saturated heterocycles. The lowest BCUT2D eigenvalue weighted by Crippen LogP contribution is -2.68. The molecule has 1 saturated carbocycles. The number of amides is 2. The van der Waals surface area contributed by atoms with E-state index in [2.05, 4.69) is 11.1 Å². The third-order valence-electron chi connectivity index (χ3n) is 11.5. The summed E-state index contributed by atoms with van der Waals surface area (Å²) in [5.41, 5.74) is -5.66. The van der Waals surface area contributed by atoms with E-state index in [0.29, 0.717) is 41.9 Å². The van der Waals surface area contributed by atoms with Gasteiger partial charge in [-0.25, -0.2) is 0 Å². The molecule has 3 fully saturated rings. The molecule has 4 atom stereocenters. The van der Waals surface area contributed by atoms with Crippen LogP contribution in [0.25, 0.3) is 0 Å². The monoisotopic (exact) mass is 820 g/mol. The number of nitrogens with zero attached hydrogens (tertiary/aromatic N) is 4. The van der Waals surface area contributed by atoms with Gasteiger partial charge in [0.2, 0.25) is 5.60 Å². The maximum Gasteiger partial charge on any atom is 0.425 e. The number of aliphatic carboxylic acids is 1. The smallest absolute Gasteiger partial charge is 0.425 e. The normalized spacial score (nSPS) is 25.1. The van der Waals surface area contributed by atoms with Crippen molar-refractivity contribution >= 4 is 29.1 Å². The van der Waals surface area contributed by atoms with Gasteiger partial charge in [-0.2, -0.15) is 31.6 Å². The minimum absolute atomic E-state index is 0.00492. The van der Waals surface area contributed by atoms with Crippen molar-refractivity contribution in [2.45, 2.75) is 107 Å². The fraction of sp³-hybridized carbons (Fsp3) is 0.525. The highest BCUT2D eigenvalue weighted by Crippen LogP contribution is 2.46. The Morgan fingerprint density at radius 1 is 1.02 bits per heavy atom. The molecule has 4 heterocycles. The van der Waals surface area contributed by atoms with Gasteiger partial charge in [-0.3, -0.25) is 19.4 Å². The molecule has 0 radical (unpaired) electrons. The van der Waals surface area contributed by atoms with Gasteiger partial charge >= 0.3 is 18.3 Å². The number of aromatic nitrogens is 1. The number of pyridine rings is 1. The SMILES string of the molecule is CCC[C@H]1N(C(=O)c2ncccc2C(F)(F)F)CCC[C@@]1(Oc1csc(C(F)(F)F)c1)C(=O)N1CCC(C#N)(c2ccccc2O[C@@H]2CC[C@@](C)(C(=O)O)C2)CC1. The third-order valence-corrected chi connectivity index (χ3v) is 12.5. The second-order valence-electron chi connectivity index (χ2n) is 15.3. The first-order valence-electron chi connectivity index (χ1n) is 18.8. The molecule has 1 N–H and O–H groups in total. The summed E-state index contributed by atoms with van der Waals surface area (Å²) >= 11 is 0.361. The average molecular weight is 821 g/mol. The van der Waals surface area contributed by atoms with Gasteiger partial charge in [0, 0.05) is 55.7 Å². The summed E-state index contributed by atoms with van der Waals surface area (Å²) in [5, 5.41) is 21.5. The predicted octanol–water partition coefficient (Wildman–Crippen LogP) is 8.51. The number of piperidine rings is 2. The van der Waals surface area contributed by atoms with Gasteiger partial charge in [0.1, 0.15) is 22.1 Å².